The van der Waals surface area contributed by atoms with Crippen molar-refractivity contribution in [1.29, 1.82) is 0 Å². The molecule has 33 heavy (non-hydrogen) atoms. The van der Waals surface area contributed by atoms with Crippen molar-refractivity contribution in [2.24, 2.45) is 0 Å². The smallest absolute Gasteiger partial charge is 0.251 e. The maximum Gasteiger partial charge on any atom is 0.251 e. The summed E-state index contributed by atoms with van der Waals surface area (Å²) < 4.78 is 2.98. The molecule has 3 aromatic rings. The third-order valence-corrected chi connectivity index (χ3v) is 6.43. The highest BCUT2D eigenvalue weighted by Gasteiger charge is 2.16. The van der Waals surface area contributed by atoms with Crippen molar-refractivity contribution in [1.82, 2.24) is 20.1 Å². The molecule has 3 rings (SSSR count). The van der Waals surface area contributed by atoms with E-state index in [1.54, 1.807) is 18.2 Å². The molecule has 2 amide bonds. The van der Waals surface area contributed by atoms with Crippen molar-refractivity contribution in [2.75, 3.05) is 11.1 Å². The third-order valence-electron chi connectivity index (χ3n) is 4.79. The molecule has 0 atom stereocenters. The van der Waals surface area contributed by atoms with E-state index in [0.717, 1.165) is 14.8 Å². The molecule has 0 bridgehead atoms. The molecule has 0 unspecified atom stereocenters. The molecule has 172 valence electrons. The second-order valence-corrected chi connectivity index (χ2v) is 9.76. The highest BCUT2D eigenvalue weighted by molar-refractivity contribution is 14.1. The largest absolute Gasteiger partial charge is 0.345 e. The number of carbonyl (C=O) groups is 2. The number of benzene rings is 2. The van der Waals surface area contributed by atoms with Crippen molar-refractivity contribution in [2.45, 2.75) is 38.0 Å². The molecule has 9 heteroatoms. The van der Waals surface area contributed by atoms with Gasteiger partial charge in [0.15, 0.2) is 11.0 Å². The number of amides is 2. The lowest BCUT2D eigenvalue weighted by Crippen LogP contribution is -2.24. The van der Waals surface area contributed by atoms with Crippen LogP contribution in [0.1, 0.15) is 41.5 Å². The Morgan fingerprint density at radius 3 is 2.64 bits per heavy atom. The first kappa shape index (κ1) is 25.0. The normalized spacial score (nSPS) is 10.8. The van der Waals surface area contributed by atoms with E-state index >= 15 is 0 Å². The van der Waals surface area contributed by atoms with Gasteiger partial charge in [-0.2, -0.15) is 0 Å². The maximum atomic E-state index is 12.6. The summed E-state index contributed by atoms with van der Waals surface area (Å²) in [4.78, 5) is 25.0. The number of rotatable bonds is 10. The summed E-state index contributed by atoms with van der Waals surface area (Å²) in [5.74, 6) is 0.787. The lowest BCUT2D eigenvalue weighted by molar-refractivity contribution is -0.113. The molecule has 0 saturated carbocycles. The highest BCUT2D eigenvalue weighted by atomic mass is 127. The zero-order valence-corrected chi connectivity index (χ0v) is 21.5. The molecule has 7 nitrogen and oxygen atoms in total. The Kier molecular flexibility index (Phi) is 9.07. The summed E-state index contributed by atoms with van der Waals surface area (Å²) in [6, 6.07) is 15.0. The highest BCUT2D eigenvalue weighted by Crippen LogP contribution is 2.27. The van der Waals surface area contributed by atoms with E-state index in [1.165, 1.54) is 11.8 Å². The van der Waals surface area contributed by atoms with Gasteiger partial charge >= 0.3 is 0 Å². The first-order chi connectivity index (χ1) is 15.9. The lowest BCUT2D eigenvalue weighted by atomic mass is 10.0. The molecule has 0 aliphatic carbocycles. The van der Waals surface area contributed by atoms with E-state index in [0.29, 0.717) is 29.0 Å². The summed E-state index contributed by atoms with van der Waals surface area (Å²) >= 11 is 3.57. The minimum absolute atomic E-state index is 0.116. The van der Waals surface area contributed by atoms with Crippen LogP contribution in [0.2, 0.25) is 0 Å². The van der Waals surface area contributed by atoms with Crippen molar-refractivity contribution < 1.29 is 9.59 Å². The number of hydrogen-bond donors (Lipinski definition) is 2. The monoisotopic (exact) mass is 575 g/mol. The molecule has 0 fully saturated rings. The zero-order valence-electron chi connectivity index (χ0n) is 18.5. The van der Waals surface area contributed by atoms with Crippen LogP contribution in [0.25, 0.3) is 0 Å². The number of anilines is 1. The van der Waals surface area contributed by atoms with Gasteiger partial charge in [0, 0.05) is 21.4 Å². The van der Waals surface area contributed by atoms with Crippen LogP contribution in [0.3, 0.4) is 0 Å². The van der Waals surface area contributed by atoms with Crippen molar-refractivity contribution in [3.8, 4) is 0 Å². The quantitative estimate of drug-likeness (QED) is 0.205. The van der Waals surface area contributed by atoms with Gasteiger partial charge in [0.05, 0.1) is 12.3 Å². The van der Waals surface area contributed by atoms with Crippen LogP contribution in [0.4, 0.5) is 5.69 Å². The molecule has 0 spiro atoms. The van der Waals surface area contributed by atoms with E-state index in [9.17, 15) is 9.59 Å². The minimum Gasteiger partial charge on any atom is -0.345 e. The Hall–Kier alpha value is -2.66. The zero-order chi connectivity index (χ0) is 23.8. The second-order valence-electron chi connectivity index (χ2n) is 7.57. The molecule has 0 aliphatic rings. The Labute approximate surface area is 211 Å². The van der Waals surface area contributed by atoms with E-state index in [-0.39, 0.29) is 24.1 Å². The van der Waals surface area contributed by atoms with Crippen LogP contribution in [-0.2, 0) is 17.9 Å². The number of nitrogens with zero attached hydrogens (tertiary/aromatic N) is 3. The summed E-state index contributed by atoms with van der Waals surface area (Å²) in [5, 5.41) is 14.9. The van der Waals surface area contributed by atoms with Crippen LogP contribution in [0, 0.1) is 3.57 Å². The van der Waals surface area contributed by atoms with Crippen LogP contribution in [0.15, 0.2) is 66.3 Å². The molecule has 0 saturated heterocycles. The molecule has 0 radical (unpaired) electrons. The maximum absolute atomic E-state index is 12.6. The van der Waals surface area contributed by atoms with Gasteiger partial charge in [-0.3, -0.25) is 9.59 Å². The molecular weight excluding hydrogens is 549 g/mol. The molecule has 0 aliphatic heterocycles. The molecule has 1 heterocycles. The number of thioether (sulfide) groups is 1. The first-order valence-corrected chi connectivity index (χ1v) is 12.5. The topological polar surface area (TPSA) is 88.9 Å². The van der Waals surface area contributed by atoms with Crippen molar-refractivity contribution >= 4 is 51.9 Å². The Bertz CT molecular complexity index is 1130. The van der Waals surface area contributed by atoms with Crippen LogP contribution in [-0.4, -0.2) is 32.3 Å². The number of allylic oxidation sites excluding steroid dienone is 1. The Balaban J connectivity index is 1.63. The van der Waals surface area contributed by atoms with E-state index in [2.05, 4.69) is 69.9 Å². The minimum atomic E-state index is -0.184. The predicted molar refractivity (Wildman–Crippen MR) is 140 cm³/mol. The standard InChI is InChI=1S/C24H26IN5O2S/c1-4-12-30-21(14-26-23(32)17-8-6-5-7-9-17)28-29-24(30)33-15-22(31)27-20-11-10-18(25)13-19(20)16(2)3/h4-11,13,16H,1,12,14-15H2,2-3H3,(H,26,32)(H,27,31). The fourth-order valence-corrected chi connectivity index (χ4v) is 4.44. The van der Waals surface area contributed by atoms with Gasteiger partial charge in [-0.05, 0) is 64.4 Å². The first-order valence-electron chi connectivity index (χ1n) is 10.5. The second kappa shape index (κ2) is 12.0. The fraction of sp³-hybridized carbons (Fsp3) is 0.250. The number of carbonyl (C=O) groups excluding carboxylic acids is 2. The Morgan fingerprint density at radius 2 is 1.94 bits per heavy atom. The summed E-state index contributed by atoms with van der Waals surface area (Å²) in [7, 11) is 0. The van der Waals surface area contributed by atoms with Crippen molar-refractivity contribution in [3.63, 3.8) is 0 Å². The lowest BCUT2D eigenvalue weighted by Gasteiger charge is -2.14. The summed E-state index contributed by atoms with van der Waals surface area (Å²) in [6.07, 6.45) is 1.73. The van der Waals surface area contributed by atoms with E-state index in [4.69, 9.17) is 0 Å². The van der Waals surface area contributed by atoms with Gasteiger partial charge in [-0.25, -0.2) is 0 Å². The SMILES string of the molecule is C=CCn1c(CNC(=O)c2ccccc2)nnc1SCC(=O)Nc1ccc(I)cc1C(C)C. The molecule has 2 aromatic carbocycles. The number of halogens is 1. The van der Waals surface area contributed by atoms with Gasteiger partial charge in [0.25, 0.3) is 5.91 Å². The summed E-state index contributed by atoms with van der Waals surface area (Å²) in [6.45, 7) is 8.70. The fourth-order valence-electron chi connectivity index (χ4n) is 3.16. The van der Waals surface area contributed by atoms with Gasteiger partial charge in [0.2, 0.25) is 5.91 Å². The molecule has 2 N–H and O–H groups in total. The van der Waals surface area contributed by atoms with E-state index < -0.39 is 0 Å². The van der Waals surface area contributed by atoms with Crippen LogP contribution < -0.4 is 10.6 Å². The van der Waals surface area contributed by atoms with Gasteiger partial charge in [0.1, 0.15) is 0 Å². The molecule has 1 aromatic heterocycles. The predicted octanol–water partition coefficient (Wildman–Crippen LogP) is 4.85. The van der Waals surface area contributed by atoms with Crippen LogP contribution in [0.5, 0.6) is 0 Å². The van der Waals surface area contributed by atoms with Crippen LogP contribution >= 0.6 is 34.4 Å². The van der Waals surface area contributed by atoms with E-state index in [1.807, 2.05) is 34.9 Å². The molecular formula is C24H26IN5O2S. The number of nitrogens with one attached hydrogen (secondary N) is 2. The summed E-state index contributed by atoms with van der Waals surface area (Å²) in [5.41, 5.74) is 2.51. The van der Waals surface area contributed by atoms with Crippen molar-refractivity contribution in [3.05, 3.63) is 81.7 Å². The number of hydrogen-bond acceptors (Lipinski definition) is 5. The third kappa shape index (κ3) is 6.91. The van der Waals surface area contributed by atoms with Gasteiger partial charge < -0.3 is 15.2 Å². The Morgan fingerprint density at radius 1 is 1.18 bits per heavy atom. The average molecular weight is 575 g/mol. The van der Waals surface area contributed by atoms with Gasteiger partial charge in [-0.1, -0.05) is 49.9 Å². The number of aromatic nitrogens is 3. The average Bonchev–Trinajstić information content (AvgIpc) is 3.19. The van der Waals surface area contributed by atoms with Gasteiger partial charge in [-0.15, -0.1) is 16.8 Å².